The molecule has 0 spiro atoms. The highest BCUT2D eigenvalue weighted by molar-refractivity contribution is 6.03. The summed E-state index contributed by atoms with van der Waals surface area (Å²) in [6.45, 7) is 2.26. The maximum Gasteiger partial charge on any atom is 0.231 e. The molecule has 8 nitrogen and oxygen atoms in total. The number of aryl methyl sites for hydroxylation is 1. The van der Waals surface area contributed by atoms with Crippen LogP contribution in [0.4, 0.5) is 11.5 Å². The van der Waals surface area contributed by atoms with Crippen LogP contribution in [0.5, 0.6) is 0 Å². The van der Waals surface area contributed by atoms with Crippen LogP contribution >= 0.6 is 0 Å². The zero-order valence-electron chi connectivity index (χ0n) is 15.7. The lowest BCUT2D eigenvalue weighted by atomic mass is 10.1. The van der Waals surface area contributed by atoms with E-state index in [1.165, 1.54) is 10.9 Å². The van der Waals surface area contributed by atoms with Gasteiger partial charge in [-0.05, 0) is 31.2 Å². The second-order valence-electron chi connectivity index (χ2n) is 6.85. The van der Waals surface area contributed by atoms with E-state index in [0.29, 0.717) is 5.82 Å². The summed E-state index contributed by atoms with van der Waals surface area (Å²) in [5, 5.41) is 16.3. The van der Waals surface area contributed by atoms with E-state index in [4.69, 9.17) is 0 Å². The monoisotopic (exact) mass is 386 g/mol. The number of hydrogen-bond donors (Lipinski definition) is 1. The quantitative estimate of drug-likeness (QED) is 0.742. The van der Waals surface area contributed by atoms with E-state index in [-0.39, 0.29) is 36.2 Å². The highest BCUT2D eigenvalue weighted by Gasteiger charge is 2.35. The number of amides is 2. The minimum atomic E-state index is -0.526. The molecule has 1 aliphatic rings. The van der Waals surface area contributed by atoms with Gasteiger partial charge in [-0.1, -0.05) is 23.8 Å². The molecule has 0 aliphatic carbocycles. The number of pyridine rings is 1. The van der Waals surface area contributed by atoms with Gasteiger partial charge in [0.1, 0.15) is 11.6 Å². The number of nitrogens with zero attached hydrogens (tertiary/aromatic N) is 5. The molecule has 0 bridgehead atoms. The van der Waals surface area contributed by atoms with E-state index in [1.807, 2.05) is 37.3 Å². The highest BCUT2D eigenvalue weighted by atomic mass is 16.2. The molecule has 3 heterocycles. The van der Waals surface area contributed by atoms with Gasteiger partial charge in [-0.2, -0.15) is 15.0 Å². The van der Waals surface area contributed by atoms with Crippen LogP contribution in [0.3, 0.4) is 0 Å². The second kappa shape index (κ2) is 7.56. The molecule has 1 saturated heterocycles. The van der Waals surface area contributed by atoms with Crippen LogP contribution in [-0.4, -0.2) is 33.1 Å². The Morgan fingerprint density at radius 2 is 2.03 bits per heavy atom. The van der Waals surface area contributed by atoms with Crippen LogP contribution in [0.1, 0.15) is 17.5 Å². The van der Waals surface area contributed by atoms with Crippen molar-refractivity contribution in [1.29, 1.82) is 5.26 Å². The molecule has 4 rings (SSSR count). The maximum absolute atomic E-state index is 12.9. The van der Waals surface area contributed by atoms with E-state index in [2.05, 4.69) is 15.4 Å². The Labute approximate surface area is 167 Å². The third-order valence-electron chi connectivity index (χ3n) is 4.84. The minimum absolute atomic E-state index is 0.104. The molecule has 144 valence electrons. The maximum atomic E-state index is 12.9. The number of carbonyl (C=O) groups is 2. The summed E-state index contributed by atoms with van der Waals surface area (Å²) < 4.78 is 1.41. The van der Waals surface area contributed by atoms with Crippen LogP contribution in [0.25, 0.3) is 5.82 Å². The summed E-state index contributed by atoms with van der Waals surface area (Å²) >= 11 is 0. The Kier molecular flexibility index (Phi) is 4.79. The van der Waals surface area contributed by atoms with Gasteiger partial charge in [0.25, 0.3) is 0 Å². The molecule has 29 heavy (non-hydrogen) atoms. The molecule has 1 aliphatic heterocycles. The average molecular weight is 386 g/mol. The Bertz CT molecular complexity index is 1100. The van der Waals surface area contributed by atoms with Crippen LogP contribution < -0.4 is 10.2 Å². The van der Waals surface area contributed by atoms with E-state index in [1.54, 1.807) is 29.3 Å². The molecule has 0 radical (unpaired) electrons. The Balaban J connectivity index is 1.55. The van der Waals surface area contributed by atoms with Crippen molar-refractivity contribution < 1.29 is 9.59 Å². The van der Waals surface area contributed by atoms with Gasteiger partial charge in [0, 0.05) is 24.8 Å². The van der Waals surface area contributed by atoms with Gasteiger partial charge in [-0.3, -0.25) is 9.59 Å². The van der Waals surface area contributed by atoms with Gasteiger partial charge in [0.15, 0.2) is 11.6 Å². The van der Waals surface area contributed by atoms with Crippen molar-refractivity contribution in [1.82, 2.24) is 14.8 Å². The third-order valence-corrected chi connectivity index (χ3v) is 4.84. The molecule has 1 atom stereocenters. The first-order valence-electron chi connectivity index (χ1n) is 9.14. The fraction of sp³-hybridized carbons (Fsp3) is 0.190. The van der Waals surface area contributed by atoms with Crippen molar-refractivity contribution in [3.05, 3.63) is 66.0 Å². The largest absolute Gasteiger partial charge is 0.312 e. The number of carbonyl (C=O) groups excluding carboxylic acids is 2. The number of hydrogen-bond acceptors (Lipinski definition) is 5. The topological polar surface area (TPSA) is 104 Å². The summed E-state index contributed by atoms with van der Waals surface area (Å²) in [4.78, 5) is 31.2. The van der Waals surface area contributed by atoms with Crippen molar-refractivity contribution >= 4 is 23.3 Å². The minimum Gasteiger partial charge on any atom is -0.312 e. The molecule has 1 unspecified atom stereocenters. The number of benzene rings is 1. The first-order chi connectivity index (χ1) is 14.1. The van der Waals surface area contributed by atoms with Crippen LogP contribution in [0.2, 0.25) is 0 Å². The fourth-order valence-electron chi connectivity index (χ4n) is 3.28. The highest BCUT2D eigenvalue weighted by Crippen LogP contribution is 2.27. The summed E-state index contributed by atoms with van der Waals surface area (Å²) in [6, 6.07) is 14.9. The van der Waals surface area contributed by atoms with Crippen molar-refractivity contribution in [2.24, 2.45) is 5.92 Å². The Morgan fingerprint density at radius 1 is 1.24 bits per heavy atom. The predicted octanol–water partition coefficient (Wildman–Crippen LogP) is 2.44. The summed E-state index contributed by atoms with van der Waals surface area (Å²) in [5.74, 6) is -0.233. The number of rotatable bonds is 4. The van der Waals surface area contributed by atoms with E-state index < -0.39 is 5.92 Å². The third kappa shape index (κ3) is 3.58. The Hall–Kier alpha value is -3.99. The lowest BCUT2D eigenvalue weighted by molar-refractivity contribution is -0.122. The fourth-order valence-corrected chi connectivity index (χ4v) is 3.28. The van der Waals surface area contributed by atoms with Crippen LogP contribution in [0.15, 0.2) is 54.9 Å². The van der Waals surface area contributed by atoms with Crippen molar-refractivity contribution in [2.75, 3.05) is 16.8 Å². The summed E-state index contributed by atoms with van der Waals surface area (Å²) in [7, 11) is 0. The van der Waals surface area contributed by atoms with Gasteiger partial charge in [0.05, 0.1) is 12.1 Å². The lowest BCUT2D eigenvalue weighted by Crippen LogP contribution is -2.28. The van der Waals surface area contributed by atoms with Gasteiger partial charge < -0.3 is 10.2 Å². The zero-order chi connectivity index (χ0) is 20.4. The molecule has 1 aromatic carbocycles. The smallest absolute Gasteiger partial charge is 0.231 e. The number of anilines is 2. The molecule has 2 amide bonds. The molecule has 0 saturated carbocycles. The second-order valence-corrected chi connectivity index (χ2v) is 6.85. The molecule has 1 fully saturated rings. The first kappa shape index (κ1) is 18.4. The van der Waals surface area contributed by atoms with E-state index in [9.17, 15) is 14.9 Å². The van der Waals surface area contributed by atoms with Crippen LogP contribution in [-0.2, 0) is 9.59 Å². The summed E-state index contributed by atoms with van der Waals surface area (Å²) in [6.07, 6.45) is 3.09. The summed E-state index contributed by atoms with van der Waals surface area (Å²) in [5.41, 5.74) is 2.09. The van der Waals surface area contributed by atoms with Gasteiger partial charge >= 0.3 is 0 Å². The zero-order valence-corrected chi connectivity index (χ0v) is 15.7. The SMILES string of the molecule is Cc1ccc(N2CC(C(=O)Nc3c(C#N)cnn3-c3ccccn3)CC2=O)cc1. The average Bonchev–Trinajstić information content (AvgIpc) is 3.32. The normalized spacial score (nSPS) is 15.9. The Morgan fingerprint density at radius 3 is 2.72 bits per heavy atom. The van der Waals surface area contributed by atoms with E-state index >= 15 is 0 Å². The van der Waals surface area contributed by atoms with E-state index in [0.717, 1.165) is 11.3 Å². The van der Waals surface area contributed by atoms with Gasteiger partial charge in [-0.25, -0.2) is 4.98 Å². The molecule has 2 aromatic heterocycles. The van der Waals surface area contributed by atoms with Crippen molar-refractivity contribution in [3.63, 3.8) is 0 Å². The van der Waals surface area contributed by atoms with Crippen LogP contribution in [0, 0.1) is 24.2 Å². The van der Waals surface area contributed by atoms with Gasteiger partial charge in [0.2, 0.25) is 11.8 Å². The molecule has 1 N–H and O–H groups in total. The lowest BCUT2D eigenvalue weighted by Gasteiger charge is -2.17. The molecular weight excluding hydrogens is 368 g/mol. The molecule has 8 heteroatoms. The molecule has 3 aromatic rings. The number of nitriles is 1. The van der Waals surface area contributed by atoms with Gasteiger partial charge in [-0.15, -0.1) is 0 Å². The first-order valence-corrected chi connectivity index (χ1v) is 9.14. The van der Waals surface area contributed by atoms with Crippen molar-refractivity contribution in [2.45, 2.75) is 13.3 Å². The standard InChI is InChI=1S/C21H18N6O2/c1-14-5-7-17(8-6-14)26-13-15(10-19(26)28)21(29)25-20-16(11-22)12-24-27(20)18-4-2-3-9-23-18/h2-9,12,15H,10,13H2,1H3,(H,25,29). The number of aromatic nitrogens is 3. The predicted molar refractivity (Wildman–Crippen MR) is 106 cm³/mol. The molecular formula is C21H18N6O2. The van der Waals surface area contributed by atoms with Crippen molar-refractivity contribution in [3.8, 4) is 11.9 Å². The number of nitrogens with one attached hydrogen (secondary N) is 1.